The van der Waals surface area contributed by atoms with E-state index in [9.17, 15) is 19.1 Å². The van der Waals surface area contributed by atoms with Gasteiger partial charge in [-0.3, -0.25) is 4.79 Å². The van der Waals surface area contributed by atoms with Crippen molar-refractivity contribution in [3.63, 3.8) is 0 Å². The van der Waals surface area contributed by atoms with E-state index in [4.69, 9.17) is 0 Å². The summed E-state index contributed by atoms with van der Waals surface area (Å²) in [6, 6.07) is 3.15. The molecule has 2 fully saturated rings. The molecule has 10 nitrogen and oxygen atoms in total. The number of nitrogens with one attached hydrogen (secondary N) is 2. The van der Waals surface area contributed by atoms with E-state index in [0.29, 0.717) is 69.1 Å². The summed E-state index contributed by atoms with van der Waals surface area (Å²) in [5, 5.41) is 13.3. The van der Waals surface area contributed by atoms with Crippen LogP contribution in [0.5, 0.6) is 0 Å². The number of benzene rings is 1. The fraction of sp³-hybridized carbons (Fsp3) is 0.355. The molecule has 2 aliphatic rings. The van der Waals surface area contributed by atoms with Crippen molar-refractivity contribution >= 4 is 50.3 Å². The lowest BCUT2D eigenvalue weighted by molar-refractivity contribution is 0.0695. The summed E-state index contributed by atoms with van der Waals surface area (Å²) in [6.07, 6.45) is 6.70. The first-order valence-electron chi connectivity index (χ1n) is 14.2. The van der Waals surface area contributed by atoms with Crippen LogP contribution in [0, 0.1) is 23.5 Å². The molecule has 222 valence electrons. The van der Waals surface area contributed by atoms with Gasteiger partial charge in [-0.1, -0.05) is 0 Å². The second kappa shape index (κ2) is 9.73. The number of carbonyl (C=O) groups is 1. The van der Waals surface area contributed by atoms with Gasteiger partial charge in [0.1, 0.15) is 16.9 Å². The number of carboxylic acid groups (broad SMARTS) is 1. The van der Waals surface area contributed by atoms with Crippen molar-refractivity contribution in [3.05, 3.63) is 58.1 Å². The van der Waals surface area contributed by atoms with E-state index in [0.717, 1.165) is 25.5 Å². The van der Waals surface area contributed by atoms with Crippen LogP contribution in [0.1, 0.15) is 23.2 Å². The predicted molar refractivity (Wildman–Crippen MR) is 162 cm³/mol. The van der Waals surface area contributed by atoms with Gasteiger partial charge in [0, 0.05) is 69.0 Å². The van der Waals surface area contributed by atoms with Crippen molar-refractivity contribution in [1.82, 2.24) is 24.4 Å². The lowest BCUT2D eigenvalue weighted by Gasteiger charge is -2.28. The zero-order chi connectivity index (χ0) is 30.3. The second-order valence-electron chi connectivity index (χ2n) is 11.9. The molecular weight excluding hydrogens is 556 g/mol. The molecule has 43 heavy (non-hydrogen) atoms. The molecule has 5 aromatic rings. The molecule has 4 aromatic heterocycles. The zero-order valence-corrected chi connectivity index (χ0v) is 24.2. The van der Waals surface area contributed by atoms with E-state index in [1.807, 2.05) is 0 Å². The lowest BCUT2D eigenvalue weighted by atomic mass is 9.97. The molecule has 0 radical (unpaired) electrons. The SMILES string of the molecule is CNc1cc(F)c(F)c2c1[nH]c1ncc(-c3cnc4c(c3)c(=O)c(C(=O)O)cn4C)c(N3C[C@@H]4CC[C@@H](N(C)C)[C@@H]4C3)c12. The number of nitrogens with zero attached hydrogens (tertiary/aromatic N) is 5. The number of hydrogen-bond donors (Lipinski definition) is 3. The molecule has 0 bridgehead atoms. The van der Waals surface area contributed by atoms with Crippen molar-refractivity contribution in [1.29, 1.82) is 0 Å². The Balaban J connectivity index is 1.53. The number of halogens is 2. The summed E-state index contributed by atoms with van der Waals surface area (Å²) in [5.74, 6) is -2.44. The summed E-state index contributed by atoms with van der Waals surface area (Å²) < 4.78 is 32.2. The quantitative estimate of drug-likeness (QED) is 0.277. The third kappa shape index (κ3) is 3.99. The first kappa shape index (κ1) is 27.3. The number of aromatic amines is 1. The van der Waals surface area contributed by atoms with Crippen molar-refractivity contribution in [2.24, 2.45) is 18.9 Å². The monoisotopic (exact) mass is 587 g/mol. The molecule has 7 rings (SSSR count). The van der Waals surface area contributed by atoms with E-state index >= 15 is 4.39 Å². The molecule has 1 aromatic carbocycles. The van der Waals surface area contributed by atoms with Gasteiger partial charge < -0.3 is 29.8 Å². The van der Waals surface area contributed by atoms with E-state index in [2.05, 4.69) is 44.2 Å². The van der Waals surface area contributed by atoms with Crippen LogP contribution in [0.4, 0.5) is 20.2 Å². The second-order valence-corrected chi connectivity index (χ2v) is 11.9. The number of aromatic nitrogens is 4. The highest BCUT2D eigenvalue weighted by atomic mass is 19.2. The maximum atomic E-state index is 15.7. The maximum absolute atomic E-state index is 15.7. The van der Waals surface area contributed by atoms with Crippen molar-refractivity contribution in [2.75, 3.05) is 44.4 Å². The smallest absolute Gasteiger partial charge is 0.341 e. The highest BCUT2D eigenvalue weighted by Crippen LogP contribution is 2.48. The van der Waals surface area contributed by atoms with Crippen molar-refractivity contribution in [3.8, 4) is 11.1 Å². The predicted octanol–water partition coefficient (Wildman–Crippen LogP) is 4.42. The summed E-state index contributed by atoms with van der Waals surface area (Å²) >= 11 is 0. The summed E-state index contributed by atoms with van der Waals surface area (Å²) in [6.45, 7) is 1.45. The Hall–Kier alpha value is -4.58. The molecular formula is C31H31F2N7O3. The molecule has 1 aliphatic carbocycles. The van der Waals surface area contributed by atoms with Gasteiger partial charge in [0.15, 0.2) is 11.6 Å². The van der Waals surface area contributed by atoms with Gasteiger partial charge >= 0.3 is 5.97 Å². The van der Waals surface area contributed by atoms with Gasteiger partial charge in [-0.2, -0.15) is 0 Å². The Kier molecular flexibility index (Phi) is 6.17. The molecule has 1 saturated heterocycles. The standard InChI is InChI=1S/C31H31F2N7O3/c1-34-21-8-20(32)25(33)23-24-27(40-11-14-5-6-22(38(2)3)18(14)13-40)17(10-35-29(24)37-26(21)23)15-7-16-28(41)19(31(42)43)12-39(4)30(16)36-9-15/h7-10,12,14,18,22,34H,5-6,11,13H2,1-4H3,(H,35,37)(H,42,43)/t14-,18+,22+/m0/s1. The van der Waals surface area contributed by atoms with Crippen LogP contribution in [0.2, 0.25) is 0 Å². The van der Waals surface area contributed by atoms with Gasteiger partial charge in [0.2, 0.25) is 5.43 Å². The van der Waals surface area contributed by atoms with Crippen LogP contribution >= 0.6 is 0 Å². The number of carboxylic acids is 1. The largest absolute Gasteiger partial charge is 0.477 e. The minimum Gasteiger partial charge on any atom is -0.477 e. The first-order valence-corrected chi connectivity index (χ1v) is 14.2. The zero-order valence-electron chi connectivity index (χ0n) is 24.2. The molecule has 0 unspecified atom stereocenters. The number of aryl methyl sites for hydroxylation is 1. The highest BCUT2D eigenvalue weighted by Gasteiger charge is 2.44. The molecule has 12 heteroatoms. The number of pyridine rings is 3. The van der Waals surface area contributed by atoms with E-state index in [-0.39, 0.29) is 16.3 Å². The van der Waals surface area contributed by atoms with Crippen LogP contribution in [-0.4, -0.2) is 75.8 Å². The Morgan fingerprint density at radius 2 is 1.93 bits per heavy atom. The average Bonchev–Trinajstić information content (AvgIpc) is 3.68. The van der Waals surface area contributed by atoms with Crippen LogP contribution in [0.25, 0.3) is 44.1 Å². The van der Waals surface area contributed by atoms with Gasteiger partial charge in [0.25, 0.3) is 0 Å². The lowest BCUT2D eigenvalue weighted by Crippen LogP contribution is -2.35. The highest BCUT2D eigenvalue weighted by molar-refractivity contribution is 6.18. The fourth-order valence-electron chi connectivity index (χ4n) is 7.40. The maximum Gasteiger partial charge on any atom is 0.341 e. The van der Waals surface area contributed by atoms with Crippen molar-refractivity contribution in [2.45, 2.75) is 18.9 Å². The van der Waals surface area contributed by atoms with E-state index < -0.39 is 23.0 Å². The summed E-state index contributed by atoms with van der Waals surface area (Å²) in [5.41, 5.74) is 2.35. The fourth-order valence-corrected chi connectivity index (χ4v) is 7.40. The average molecular weight is 588 g/mol. The Morgan fingerprint density at radius 3 is 2.65 bits per heavy atom. The van der Waals surface area contributed by atoms with E-state index in [1.54, 1.807) is 32.6 Å². The topological polar surface area (TPSA) is 119 Å². The van der Waals surface area contributed by atoms with Crippen molar-refractivity contribution < 1.29 is 18.7 Å². The van der Waals surface area contributed by atoms with Crippen LogP contribution in [0.3, 0.4) is 0 Å². The number of hydrogen-bond acceptors (Lipinski definition) is 7. The van der Waals surface area contributed by atoms with Gasteiger partial charge in [0.05, 0.1) is 33.1 Å². The van der Waals surface area contributed by atoms with Gasteiger partial charge in [-0.25, -0.2) is 23.5 Å². The van der Waals surface area contributed by atoms with Crippen LogP contribution < -0.4 is 15.6 Å². The number of anilines is 2. The number of H-pyrrole nitrogens is 1. The third-order valence-corrected chi connectivity index (χ3v) is 9.39. The molecule has 1 saturated carbocycles. The van der Waals surface area contributed by atoms with Gasteiger partial charge in [-0.05, 0) is 44.8 Å². The first-order chi connectivity index (χ1) is 20.6. The van der Waals surface area contributed by atoms with Crippen LogP contribution in [-0.2, 0) is 7.05 Å². The Bertz CT molecular complexity index is 2040. The molecule has 0 amide bonds. The number of aromatic carboxylic acids is 1. The van der Waals surface area contributed by atoms with Gasteiger partial charge in [-0.15, -0.1) is 0 Å². The molecule has 5 heterocycles. The summed E-state index contributed by atoms with van der Waals surface area (Å²) in [7, 11) is 7.46. The molecule has 3 atom stereocenters. The number of rotatable bonds is 5. The molecule has 0 spiro atoms. The Morgan fingerprint density at radius 1 is 1.14 bits per heavy atom. The Labute approximate surface area is 244 Å². The minimum atomic E-state index is -1.33. The normalized spacial score (nSPS) is 20.2. The number of fused-ring (bicyclic) bond motifs is 5. The molecule has 1 aliphatic heterocycles. The summed E-state index contributed by atoms with van der Waals surface area (Å²) in [4.78, 5) is 41.9. The molecule has 3 N–H and O–H groups in total. The third-order valence-electron chi connectivity index (χ3n) is 9.39. The minimum absolute atomic E-state index is 0.0998. The van der Waals surface area contributed by atoms with Crippen LogP contribution in [0.15, 0.2) is 35.5 Å². The van der Waals surface area contributed by atoms with E-state index in [1.165, 1.54) is 10.8 Å².